The van der Waals surface area contributed by atoms with E-state index in [2.05, 4.69) is 20.2 Å². The number of hydrogen-bond donors (Lipinski definition) is 2. The van der Waals surface area contributed by atoms with E-state index in [1.165, 1.54) is 24.5 Å². The van der Waals surface area contributed by atoms with Gasteiger partial charge in [-0.25, -0.2) is 9.97 Å². The summed E-state index contributed by atoms with van der Waals surface area (Å²) in [5, 5.41) is 6.49. The van der Waals surface area contributed by atoms with E-state index in [0.29, 0.717) is 35.6 Å². The SMILES string of the molecule is Nc1ncc(-c2ccc(C(F)(F)F)cc2)c([C@H]2CCCN(C(=O)c3ccn[nH]3)C2)n1. The number of anilines is 1. The molecule has 0 saturated carbocycles. The zero-order valence-electron chi connectivity index (χ0n) is 15.9. The highest BCUT2D eigenvalue weighted by Gasteiger charge is 2.31. The summed E-state index contributed by atoms with van der Waals surface area (Å²) in [6.07, 6.45) is 0.173. The first-order valence-electron chi connectivity index (χ1n) is 9.41. The first kappa shape index (κ1) is 19.9. The molecule has 1 saturated heterocycles. The molecule has 2 aromatic heterocycles. The number of nitrogens with one attached hydrogen (secondary N) is 1. The second-order valence-corrected chi connectivity index (χ2v) is 7.16. The fourth-order valence-corrected chi connectivity index (χ4v) is 3.71. The molecule has 3 N–H and O–H groups in total. The molecule has 3 aromatic rings. The standard InChI is InChI=1S/C20H19F3N6O/c21-20(22,23)14-5-3-12(4-6-14)15-10-25-19(24)27-17(15)13-2-1-9-29(11-13)18(30)16-7-8-26-28-16/h3-8,10,13H,1-2,9,11H2,(H,26,28)(H2,24,25,27)/t13-/m0/s1. The number of carbonyl (C=O) groups excluding carboxylic acids is 1. The van der Waals surface area contributed by atoms with Crippen molar-refractivity contribution in [2.75, 3.05) is 18.8 Å². The maximum absolute atomic E-state index is 12.9. The fourth-order valence-electron chi connectivity index (χ4n) is 3.71. The Labute approximate surface area is 170 Å². The van der Waals surface area contributed by atoms with E-state index in [1.807, 2.05) is 0 Å². The number of nitrogens with two attached hydrogens (primary N) is 1. The largest absolute Gasteiger partial charge is 0.416 e. The Morgan fingerprint density at radius 2 is 1.97 bits per heavy atom. The van der Waals surface area contributed by atoms with E-state index >= 15 is 0 Å². The Morgan fingerprint density at radius 3 is 2.63 bits per heavy atom. The molecule has 1 aliphatic rings. The lowest BCUT2D eigenvalue weighted by Gasteiger charge is -2.33. The Bertz CT molecular complexity index is 1030. The van der Waals surface area contributed by atoms with Crippen molar-refractivity contribution in [1.29, 1.82) is 0 Å². The van der Waals surface area contributed by atoms with Gasteiger partial charge in [-0.15, -0.1) is 0 Å². The minimum absolute atomic E-state index is 0.0812. The van der Waals surface area contributed by atoms with E-state index in [9.17, 15) is 18.0 Å². The molecule has 0 bridgehead atoms. The molecule has 30 heavy (non-hydrogen) atoms. The maximum atomic E-state index is 12.9. The van der Waals surface area contributed by atoms with E-state index in [-0.39, 0.29) is 17.8 Å². The highest BCUT2D eigenvalue weighted by molar-refractivity contribution is 5.92. The maximum Gasteiger partial charge on any atom is 0.416 e. The molecule has 0 unspecified atom stereocenters. The number of halogens is 3. The predicted octanol–water partition coefficient (Wildman–Crippen LogP) is 3.49. The number of aromatic amines is 1. The van der Waals surface area contributed by atoms with Crippen molar-refractivity contribution in [3.05, 3.63) is 59.7 Å². The smallest absolute Gasteiger partial charge is 0.368 e. The molecule has 1 aromatic carbocycles. The monoisotopic (exact) mass is 416 g/mol. The van der Waals surface area contributed by atoms with Crippen molar-refractivity contribution in [1.82, 2.24) is 25.1 Å². The lowest BCUT2D eigenvalue weighted by Crippen LogP contribution is -2.39. The van der Waals surface area contributed by atoms with Crippen LogP contribution >= 0.6 is 0 Å². The number of aromatic nitrogens is 4. The second-order valence-electron chi connectivity index (χ2n) is 7.16. The topological polar surface area (TPSA) is 101 Å². The van der Waals surface area contributed by atoms with Crippen molar-refractivity contribution in [3.8, 4) is 11.1 Å². The van der Waals surface area contributed by atoms with Crippen LogP contribution < -0.4 is 5.73 Å². The van der Waals surface area contributed by atoms with Crippen LogP contribution in [-0.2, 0) is 6.18 Å². The van der Waals surface area contributed by atoms with Gasteiger partial charge < -0.3 is 10.6 Å². The zero-order valence-corrected chi connectivity index (χ0v) is 15.9. The quantitative estimate of drug-likeness (QED) is 0.681. The third kappa shape index (κ3) is 3.98. The molecule has 0 aliphatic carbocycles. The lowest BCUT2D eigenvalue weighted by atomic mass is 9.89. The van der Waals surface area contributed by atoms with Crippen molar-refractivity contribution in [3.63, 3.8) is 0 Å². The molecule has 0 radical (unpaired) electrons. The number of alkyl halides is 3. The molecule has 1 atom stereocenters. The molecule has 1 fully saturated rings. The van der Waals surface area contributed by atoms with Gasteiger partial charge in [-0.2, -0.15) is 18.3 Å². The van der Waals surface area contributed by atoms with Gasteiger partial charge in [-0.1, -0.05) is 12.1 Å². The first-order valence-corrected chi connectivity index (χ1v) is 9.41. The molecule has 1 aliphatic heterocycles. The van der Waals surface area contributed by atoms with Crippen LogP contribution in [0.25, 0.3) is 11.1 Å². The highest BCUT2D eigenvalue weighted by Crippen LogP contribution is 2.35. The third-order valence-corrected chi connectivity index (χ3v) is 5.19. The third-order valence-electron chi connectivity index (χ3n) is 5.19. The van der Waals surface area contributed by atoms with Gasteiger partial charge in [0.1, 0.15) is 5.69 Å². The van der Waals surface area contributed by atoms with Crippen LogP contribution in [0.15, 0.2) is 42.7 Å². The molecule has 10 heteroatoms. The van der Waals surface area contributed by atoms with Crippen LogP contribution in [0.5, 0.6) is 0 Å². The Hall–Kier alpha value is -3.43. The predicted molar refractivity (Wildman–Crippen MR) is 103 cm³/mol. The zero-order chi connectivity index (χ0) is 21.3. The summed E-state index contributed by atoms with van der Waals surface area (Å²) in [7, 11) is 0. The van der Waals surface area contributed by atoms with Crippen molar-refractivity contribution >= 4 is 11.9 Å². The molecule has 0 spiro atoms. The van der Waals surface area contributed by atoms with Gasteiger partial charge in [0.2, 0.25) is 5.95 Å². The summed E-state index contributed by atoms with van der Waals surface area (Å²) in [4.78, 5) is 22.8. The number of piperidine rings is 1. The van der Waals surface area contributed by atoms with E-state index in [4.69, 9.17) is 5.73 Å². The lowest BCUT2D eigenvalue weighted by molar-refractivity contribution is -0.137. The van der Waals surface area contributed by atoms with E-state index in [1.54, 1.807) is 11.0 Å². The van der Waals surface area contributed by atoms with E-state index in [0.717, 1.165) is 25.0 Å². The summed E-state index contributed by atoms with van der Waals surface area (Å²) in [6.45, 7) is 1.02. The number of nitrogen functional groups attached to an aromatic ring is 1. The van der Waals surface area contributed by atoms with Gasteiger partial charge in [0, 0.05) is 37.0 Å². The summed E-state index contributed by atoms with van der Waals surface area (Å²) < 4.78 is 38.7. The minimum Gasteiger partial charge on any atom is -0.368 e. The molecular formula is C20H19F3N6O. The van der Waals surface area contributed by atoms with Gasteiger partial charge >= 0.3 is 6.18 Å². The molecule has 156 valence electrons. The van der Waals surface area contributed by atoms with Gasteiger partial charge in [-0.3, -0.25) is 9.89 Å². The summed E-state index contributed by atoms with van der Waals surface area (Å²) in [5.41, 5.74) is 7.28. The van der Waals surface area contributed by atoms with Crippen LogP contribution in [0, 0.1) is 0 Å². The van der Waals surface area contributed by atoms with Gasteiger partial charge in [0.05, 0.1) is 11.3 Å². The highest BCUT2D eigenvalue weighted by atomic mass is 19.4. The Morgan fingerprint density at radius 1 is 1.20 bits per heavy atom. The fraction of sp³-hybridized carbons (Fsp3) is 0.300. The van der Waals surface area contributed by atoms with Crippen LogP contribution in [0.3, 0.4) is 0 Å². The van der Waals surface area contributed by atoms with Crippen molar-refractivity contribution < 1.29 is 18.0 Å². The second kappa shape index (κ2) is 7.77. The Kier molecular flexibility index (Phi) is 5.15. The summed E-state index contributed by atoms with van der Waals surface area (Å²) in [5.74, 6) is -0.193. The van der Waals surface area contributed by atoms with Crippen molar-refractivity contribution in [2.45, 2.75) is 24.9 Å². The number of benzene rings is 1. The van der Waals surface area contributed by atoms with Crippen LogP contribution in [-0.4, -0.2) is 44.1 Å². The number of carbonyl (C=O) groups is 1. The van der Waals surface area contributed by atoms with Crippen LogP contribution in [0.2, 0.25) is 0 Å². The average molecular weight is 416 g/mol. The van der Waals surface area contributed by atoms with E-state index < -0.39 is 11.7 Å². The summed E-state index contributed by atoms with van der Waals surface area (Å²) >= 11 is 0. The number of nitrogens with zero attached hydrogens (tertiary/aromatic N) is 4. The van der Waals surface area contributed by atoms with Gasteiger partial charge in [0.15, 0.2) is 0 Å². The van der Waals surface area contributed by atoms with Crippen molar-refractivity contribution in [2.24, 2.45) is 0 Å². The first-order chi connectivity index (χ1) is 14.3. The number of amides is 1. The Balaban J connectivity index is 1.64. The number of H-pyrrole nitrogens is 1. The van der Waals surface area contributed by atoms with Crippen LogP contribution in [0.4, 0.5) is 19.1 Å². The number of likely N-dealkylation sites (tertiary alicyclic amines) is 1. The number of rotatable bonds is 3. The normalized spacial score (nSPS) is 17.2. The molecular weight excluding hydrogens is 397 g/mol. The van der Waals surface area contributed by atoms with Crippen LogP contribution in [0.1, 0.15) is 40.5 Å². The van der Waals surface area contributed by atoms with Gasteiger partial charge in [0.25, 0.3) is 5.91 Å². The molecule has 1 amide bonds. The molecule has 3 heterocycles. The molecule has 7 nitrogen and oxygen atoms in total. The number of hydrogen-bond acceptors (Lipinski definition) is 5. The van der Waals surface area contributed by atoms with Gasteiger partial charge in [-0.05, 0) is 36.6 Å². The molecule has 4 rings (SSSR count). The summed E-state index contributed by atoms with van der Waals surface area (Å²) in [6, 6.07) is 6.48. The minimum atomic E-state index is -4.41. The average Bonchev–Trinajstić information content (AvgIpc) is 3.28.